The van der Waals surface area contributed by atoms with E-state index in [4.69, 9.17) is 4.74 Å². The van der Waals surface area contributed by atoms with E-state index in [1.165, 1.54) is 0 Å². The van der Waals surface area contributed by atoms with Crippen molar-refractivity contribution in [2.24, 2.45) is 0 Å². The summed E-state index contributed by atoms with van der Waals surface area (Å²) in [4.78, 5) is 24.9. The summed E-state index contributed by atoms with van der Waals surface area (Å²) < 4.78 is 5.75. The summed E-state index contributed by atoms with van der Waals surface area (Å²) in [5.74, 6) is -0.286. The molecule has 3 amide bonds. The number of hydrogen-bond acceptors (Lipinski definition) is 4. The Bertz CT molecular complexity index is 318. The SMILES string of the molecule is CCNC(=O)NC(=O)CN1CC(C)OC(C)(C)C1. The van der Waals surface area contributed by atoms with Crippen LogP contribution in [0.15, 0.2) is 0 Å². The Morgan fingerprint density at radius 1 is 1.44 bits per heavy atom. The number of carbonyl (C=O) groups excluding carboxylic acids is 2. The minimum absolute atomic E-state index is 0.0889. The standard InChI is InChI=1S/C12H23N3O3/c1-5-13-11(17)14-10(16)7-15-6-9(2)18-12(3,4)8-15/h9H,5-8H2,1-4H3,(H2,13,14,16,17). The number of nitrogens with zero attached hydrogens (tertiary/aromatic N) is 1. The Labute approximate surface area is 108 Å². The van der Waals surface area contributed by atoms with Crippen LogP contribution in [0.25, 0.3) is 0 Å². The highest BCUT2D eigenvalue weighted by molar-refractivity contribution is 5.95. The van der Waals surface area contributed by atoms with Gasteiger partial charge < -0.3 is 10.1 Å². The summed E-state index contributed by atoms with van der Waals surface area (Å²) in [7, 11) is 0. The third-order valence-electron chi connectivity index (χ3n) is 2.60. The molecule has 0 saturated carbocycles. The summed E-state index contributed by atoms with van der Waals surface area (Å²) in [6.07, 6.45) is 0.0889. The second-order valence-electron chi connectivity index (χ2n) is 5.27. The van der Waals surface area contributed by atoms with Crippen LogP contribution in [-0.2, 0) is 9.53 Å². The molecule has 18 heavy (non-hydrogen) atoms. The van der Waals surface area contributed by atoms with Crippen LogP contribution < -0.4 is 10.6 Å². The van der Waals surface area contributed by atoms with E-state index in [0.29, 0.717) is 19.6 Å². The lowest BCUT2D eigenvalue weighted by Gasteiger charge is -2.41. The van der Waals surface area contributed by atoms with Gasteiger partial charge in [0.05, 0.1) is 18.2 Å². The summed E-state index contributed by atoms with van der Waals surface area (Å²) in [5.41, 5.74) is -0.260. The van der Waals surface area contributed by atoms with Gasteiger partial charge in [0, 0.05) is 19.6 Å². The lowest BCUT2D eigenvalue weighted by atomic mass is 10.1. The molecule has 0 aromatic heterocycles. The van der Waals surface area contributed by atoms with Crippen molar-refractivity contribution >= 4 is 11.9 Å². The van der Waals surface area contributed by atoms with Crippen molar-refractivity contribution in [3.63, 3.8) is 0 Å². The first-order valence-corrected chi connectivity index (χ1v) is 6.30. The summed E-state index contributed by atoms with van der Waals surface area (Å²) in [6.45, 7) is 9.88. The maximum absolute atomic E-state index is 11.7. The van der Waals surface area contributed by atoms with Crippen LogP contribution in [-0.4, -0.2) is 54.7 Å². The largest absolute Gasteiger partial charge is 0.370 e. The zero-order valence-electron chi connectivity index (χ0n) is 11.6. The minimum atomic E-state index is -0.442. The number of carbonyl (C=O) groups is 2. The number of amides is 3. The first-order valence-electron chi connectivity index (χ1n) is 6.30. The summed E-state index contributed by atoms with van der Waals surface area (Å²) in [5, 5.41) is 4.82. The Morgan fingerprint density at radius 2 is 2.11 bits per heavy atom. The Kier molecular flexibility index (Phi) is 5.10. The molecular formula is C12H23N3O3. The molecule has 104 valence electrons. The van der Waals surface area contributed by atoms with E-state index in [1.807, 2.05) is 25.7 Å². The Hall–Kier alpha value is -1.14. The lowest BCUT2D eigenvalue weighted by Crippen LogP contribution is -2.54. The molecule has 0 aromatic rings. The van der Waals surface area contributed by atoms with Gasteiger partial charge in [-0.15, -0.1) is 0 Å². The minimum Gasteiger partial charge on any atom is -0.370 e. The number of imide groups is 1. The number of hydrogen-bond donors (Lipinski definition) is 2. The third kappa shape index (κ3) is 5.01. The number of urea groups is 1. The fourth-order valence-electron chi connectivity index (χ4n) is 2.28. The fraction of sp³-hybridized carbons (Fsp3) is 0.833. The van der Waals surface area contributed by atoms with Crippen LogP contribution in [0.1, 0.15) is 27.7 Å². The molecule has 1 atom stereocenters. The van der Waals surface area contributed by atoms with Crippen LogP contribution in [0.3, 0.4) is 0 Å². The molecule has 1 heterocycles. The van der Waals surface area contributed by atoms with Crippen molar-refractivity contribution < 1.29 is 14.3 Å². The van der Waals surface area contributed by atoms with E-state index >= 15 is 0 Å². The first-order chi connectivity index (χ1) is 8.32. The zero-order valence-corrected chi connectivity index (χ0v) is 11.6. The smallest absolute Gasteiger partial charge is 0.321 e. The van der Waals surface area contributed by atoms with Gasteiger partial charge in [-0.1, -0.05) is 0 Å². The van der Waals surface area contributed by atoms with Crippen molar-refractivity contribution in [2.45, 2.75) is 39.4 Å². The van der Waals surface area contributed by atoms with Crippen LogP contribution in [0.2, 0.25) is 0 Å². The molecule has 0 bridgehead atoms. The fourth-order valence-corrected chi connectivity index (χ4v) is 2.28. The molecule has 1 unspecified atom stereocenters. The molecule has 0 spiro atoms. The number of nitrogens with one attached hydrogen (secondary N) is 2. The molecule has 1 aliphatic heterocycles. The molecule has 6 heteroatoms. The molecule has 0 aromatic carbocycles. The monoisotopic (exact) mass is 257 g/mol. The highest BCUT2D eigenvalue weighted by Gasteiger charge is 2.32. The first kappa shape index (κ1) is 14.9. The van der Waals surface area contributed by atoms with Crippen molar-refractivity contribution in [3.05, 3.63) is 0 Å². The van der Waals surface area contributed by atoms with Crippen molar-refractivity contribution in [3.8, 4) is 0 Å². The van der Waals surface area contributed by atoms with Crippen LogP contribution >= 0.6 is 0 Å². The van der Waals surface area contributed by atoms with Gasteiger partial charge in [-0.3, -0.25) is 15.0 Å². The molecule has 0 radical (unpaired) electrons. The van der Waals surface area contributed by atoms with Crippen LogP contribution in [0, 0.1) is 0 Å². The number of morpholine rings is 1. The second kappa shape index (κ2) is 6.15. The topological polar surface area (TPSA) is 70.7 Å². The van der Waals surface area contributed by atoms with Crippen molar-refractivity contribution in [1.82, 2.24) is 15.5 Å². The molecule has 1 rings (SSSR count). The summed E-state index contributed by atoms with van der Waals surface area (Å²) in [6, 6.07) is -0.442. The summed E-state index contributed by atoms with van der Waals surface area (Å²) >= 11 is 0. The van der Waals surface area contributed by atoms with E-state index in [-0.39, 0.29) is 24.2 Å². The van der Waals surface area contributed by atoms with E-state index in [2.05, 4.69) is 10.6 Å². The lowest BCUT2D eigenvalue weighted by molar-refractivity contribution is -0.138. The average molecular weight is 257 g/mol. The Balaban J connectivity index is 2.42. The predicted octanol–water partition coefficient (Wildman–Crippen LogP) is 0.331. The van der Waals surface area contributed by atoms with Gasteiger partial charge in [0.1, 0.15) is 0 Å². The molecule has 1 saturated heterocycles. The highest BCUT2D eigenvalue weighted by atomic mass is 16.5. The van der Waals surface area contributed by atoms with Gasteiger partial charge in [0.2, 0.25) is 5.91 Å². The van der Waals surface area contributed by atoms with Gasteiger partial charge in [-0.25, -0.2) is 4.79 Å². The van der Waals surface area contributed by atoms with Gasteiger partial charge in [0.15, 0.2) is 0 Å². The molecule has 2 N–H and O–H groups in total. The predicted molar refractivity (Wildman–Crippen MR) is 68.3 cm³/mol. The maximum atomic E-state index is 11.7. The molecule has 1 aliphatic rings. The highest BCUT2D eigenvalue weighted by Crippen LogP contribution is 2.20. The molecule has 6 nitrogen and oxygen atoms in total. The third-order valence-corrected chi connectivity index (χ3v) is 2.60. The normalized spacial score (nSPS) is 23.4. The average Bonchev–Trinajstić information content (AvgIpc) is 2.12. The van der Waals surface area contributed by atoms with Gasteiger partial charge in [-0.2, -0.15) is 0 Å². The van der Waals surface area contributed by atoms with E-state index < -0.39 is 6.03 Å². The van der Waals surface area contributed by atoms with Crippen molar-refractivity contribution in [1.29, 1.82) is 0 Å². The van der Waals surface area contributed by atoms with E-state index in [0.717, 1.165) is 0 Å². The van der Waals surface area contributed by atoms with E-state index in [1.54, 1.807) is 6.92 Å². The molecule has 0 aliphatic carbocycles. The van der Waals surface area contributed by atoms with Crippen LogP contribution in [0.5, 0.6) is 0 Å². The van der Waals surface area contributed by atoms with Gasteiger partial charge in [0.25, 0.3) is 0 Å². The van der Waals surface area contributed by atoms with Crippen molar-refractivity contribution in [2.75, 3.05) is 26.2 Å². The van der Waals surface area contributed by atoms with Gasteiger partial charge in [-0.05, 0) is 27.7 Å². The van der Waals surface area contributed by atoms with Crippen LogP contribution in [0.4, 0.5) is 4.79 Å². The van der Waals surface area contributed by atoms with E-state index in [9.17, 15) is 9.59 Å². The molecule has 1 fully saturated rings. The zero-order chi connectivity index (χ0) is 13.8. The van der Waals surface area contributed by atoms with Gasteiger partial charge >= 0.3 is 6.03 Å². The Morgan fingerprint density at radius 3 is 2.67 bits per heavy atom. The second-order valence-corrected chi connectivity index (χ2v) is 5.27. The maximum Gasteiger partial charge on any atom is 0.321 e. The number of ether oxygens (including phenoxy) is 1. The molecular weight excluding hydrogens is 234 g/mol. The number of rotatable bonds is 3. The quantitative estimate of drug-likeness (QED) is 0.764.